The molecule has 4 rings (SSSR count). The SMILES string of the molecule is CC(=S)C[C@H]1O[C@H](OCC(O)CO)[C@H](OCc2ccccc2)[C@@H](OCc2ccccc2)[C@@H]1OC(=O)CCNC(=O)OCc1ccccc1. The van der Waals surface area contributed by atoms with Crippen molar-refractivity contribution < 1.29 is 48.2 Å². The number of esters is 1. The highest BCUT2D eigenvalue weighted by Gasteiger charge is 2.50. The number of aliphatic hydroxyl groups is 2. The lowest BCUT2D eigenvalue weighted by atomic mass is 9.95. The van der Waals surface area contributed by atoms with Gasteiger partial charge in [0.05, 0.1) is 32.8 Å². The molecular formula is C36H43NO10S. The fraction of sp³-hybridized carbons (Fsp3) is 0.417. The van der Waals surface area contributed by atoms with Gasteiger partial charge in [-0.25, -0.2) is 4.79 Å². The molecule has 11 nitrogen and oxygen atoms in total. The van der Waals surface area contributed by atoms with Crippen molar-refractivity contribution in [1.29, 1.82) is 0 Å². The van der Waals surface area contributed by atoms with Gasteiger partial charge in [0.25, 0.3) is 0 Å². The third-order valence-corrected chi connectivity index (χ3v) is 7.56. The molecule has 3 aromatic carbocycles. The van der Waals surface area contributed by atoms with Gasteiger partial charge < -0.3 is 44.0 Å². The van der Waals surface area contributed by atoms with E-state index in [1.54, 1.807) is 6.92 Å². The Balaban J connectivity index is 1.51. The number of nitrogens with one attached hydrogen (secondary N) is 1. The molecule has 258 valence electrons. The summed E-state index contributed by atoms with van der Waals surface area (Å²) in [7, 11) is 0. The average Bonchev–Trinajstić information content (AvgIpc) is 3.10. The summed E-state index contributed by atoms with van der Waals surface area (Å²) in [5.41, 5.74) is 2.59. The Labute approximate surface area is 286 Å². The fourth-order valence-electron chi connectivity index (χ4n) is 5.01. The van der Waals surface area contributed by atoms with E-state index < -0.39 is 55.5 Å². The summed E-state index contributed by atoms with van der Waals surface area (Å²) >= 11 is 5.42. The van der Waals surface area contributed by atoms with E-state index in [-0.39, 0.29) is 45.8 Å². The van der Waals surface area contributed by atoms with Crippen LogP contribution in [-0.4, -0.2) is 83.7 Å². The molecule has 0 aromatic heterocycles. The van der Waals surface area contributed by atoms with Crippen molar-refractivity contribution in [3.8, 4) is 0 Å². The van der Waals surface area contributed by atoms with Crippen LogP contribution in [0.25, 0.3) is 0 Å². The first-order chi connectivity index (χ1) is 23.3. The number of thiocarbonyl (C=S) groups is 1. The minimum Gasteiger partial charge on any atom is -0.457 e. The van der Waals surface area contributed by atoms with E-state index in [0.29, 0.717) is 4.86 Å². The second kappa shape index (κ2) is 19.9. The average molecular weight is 682 g/mol. The lowest BCUT2D eigenvalue weighted by Crippen LogP contribution is -2.61. The maximum Gasteiger partial charge on any atom is 0.407 e. The normalized spacial score (nSPS) is 21.2. The van der Waals surface area contributed by atoms with Crippen molar-refractivity contribution in [2.45, 2.75) is 76.4 Å². The number of benzene rings is 3. The lowest BCUT2D eigenvalue weighted by Gasteiger charge is -2.45. The molecule has 1 amide bonds. The van der Waals surface area contributed by atoms with Crippen molar-refractivity contribution in [2.75, 3.05) is 19.8 Å². The molecule has 6 atom stereocenters. The van der Waals surface area contributed by atoms with Gasteiger partial charge in [0.1, 0.15) is 31.0 Å². The van der Waals surface area contributed by atoms with Crippen LogP contribution < -0.4 is 5.32 Å². The number of carbonyl (C=O) groups is 2. The zero-order chi connectivity index (χ0) is 34.1. The van der Waals surface area contributed by atoms with Gasteiger partial charge in [-0.2, -0.15) is 0 Å². The summed E-state index contributed by atoms with van der Waals surface area (Å²) in [6.45, 7) is 1.41. The van der Waals surface area contributed by atoms with Crippen LogP contribution in [0.3, 0.4) is 0 Å². The van der Waals surface area contributed by atoms with Crippen LogP contribution in [0, 0.1) is 0 Å². The number of rotatable bonds is 18. The maximum atomic E-state index is 13.3. The summed E-state index contributed by atoms with van der Waals surface area (Å²) < 4.78 is 36.4. The first kappa shape index (κ1) is 37.1. The minimum atomic E-state index is -1.15. The van der Waals surface area contributed by atoms with E-state index in [2.05, 4.69) is 5.32 Å². The van der Waals surface area contributed by atoms with Crippen LogP contribution in [0.15, 0.2) is 91.0 Å². The molecule has 48 heavy (non-hydrogen) atoms. The van der Waals surface area contributed by atoms with Gasteiger partial charge in [0.2, 0.25) is 0 Å². The Bertz CT molecular complexity index is 1400. The van der Waals surface area contributed by atoms with Crippen LogP contribution in [0.5, 0.6) is 0 Å². The summed E-state index contributed by atoms with van der Waals surface area (Å²) in [6, 6.07) is 28.2. The molecule has 1 saturated heterocycles. The van der Waals surface area contributed by atoms with Crippen LogP contribution in [0.2, 0.25) is 0 Å². The van der Waals surface area contributed by atoms with E-state index in [4.69, 9.17) is 40.6 Å². The Morgan fingerprint density at radius 3 is 1.90 bits per heavy atom. The van der Waals surface area contributed by atoms with Crippen molar-refractivity contribution in [1.82, 2.24) is 5.32 Å². The number of ether oxygens (including phenoxy) is 6. The fourth-order valence-corrected chi connectivity index (χ4v) is 5.18. The van der Waals surface area contributed by atoms with Gasteiger partial charge in [-0.3, -0.25) is 4.79 Å². The lowest BCUT2D eigenvalue weighted by molar-refractivity contribution is -0.319. The number of amides is 1. The quantitative estimate of drug-likeness (QED) is 0.131. The molecule has 3 N–H and O–H groups in total. The molecular weight excluding hydrogens is 638 g/mol. The zero-order valence-electron chi connectivity index (χ0n) is 26.8. The van der Waals surface area contributed by atoms with Crippen molar-refractivity contribution in [2.24, 2.45) is 0 Å². The van der Waals surface area contributed by atoms with E-state index >= 15 is 0 Å². The second-order valence-corrected chi connectivity index (χ2v) is 12.0. The number of alkyl carbamates (subject to hydrolysis) is 1. The second-order valence-electron chi connectivity index (χ2n) is 11.3. The molecule has 0 saturated carbocycles. The van der Waals surface area contributed by atoms with Crippen LogP contribution >= 0.6 is 12.2 Å². The molecule has 1 heterocycles. The zero-order valence-corrected chi connectivity index (χ0v) is 27.7. The largest absolute Gasteiger partial charge is 0.457 e. The molecule has 0 bridgehead atoms. The maximum absolute atomic E-state index is 13.3. The van der Waals surface area contributed by atoms with E-state index in [9.17, 15) is 19.8 Å². The monoisotopic (exact) mass is 681 g/mol. The molecule has 1 unspecified atom stereocenters. The highest BCUT2D eigenvalue weighted by Crippen LogP contribution is 2.32. The van der Waals surface area contributed by atoms with Gasteiger partial charge in [-0.15, -0.1) is 0 Å². The molecule has 12 heteroatoms. The van der Waals surface area contributed by atoms with E-state index in [1.807, 2.05) is 91.0 Å². The smallest absolute Gasteiger partial charge is 0.407 e. The molecule has 1 aliphatic rings. The first-order valence-corrected chi connectivity index (χ1v) is 16.2. The topological polar surface area (TPSA) is 142 Å². The number of hydrogen-bond acceptors (Lipinski definition) is 11. The van der Waals surface area contributed by atoms with Gasteiger partial charge in [0, 0.05) is 13.0 Å². The number of hydrogen-bond donors (Lipinski definition) is 3. The van der Waals surface area contributed by atoms with Crippen molar-refractivity contribution in [3.63, 3.8) is 0 Å². The third kappa shape index (κ3) is 12.4. The Morgan fingerprint density at radius 2 is 1.35 bits per heavy atom. The van der Waals surface area contributed by atoms with Gasteiger partial charge in [-0.05, 0) is 28.5 Å². The van der Waals surface area contributed by atoms with Crippen LogP contribution in [0.1, 0.15) is 36.5 Å². The minimum absolute atomic E-state index is 0.0227. The predicted molar refractivity (Wildman–Crippen MR) is 180 cm³/mol. The molecule has 1 aliphatic heterocycles. The Hall–Kier alpha value is -3.75. The summed E-state index contributed by atoms with van der Waals surface area (Å²) in [5.74, 6) is -0.607. The Kier molecular flexibility index (Phi) is 15.4. The van der Waals surface area contributed by atoms with Gasteiger partial charge >= 0.3 is 12.1 Å². The highest BCUT2D eigenvalue weighted by molar-refractivity contribution is 7.80. The summed E-state index contributed by atoms with van der Waals surface area (Å²) in [6.07, 6.45) is -6.38. The predicted octanol–water partition coefficient (Wildman–Crippen LogP) is 4.26. The summed E-state index contributed by atoms with van der Waals surface area (Å²) in [4.78, 5) is 26.1. The van der Waals surface area contributed by atoms with Gasteiger partial charge in [0.15, 0.2) is 12.4 Å². The number of aliphatic hydroxyl groups excluding tert-OH is 2. The van der Waals surface area contributed by atoms with E-state index in [1.165, 1.54) is 0 Å². The van der Waals surface area contributed by atoms with Crippen molar-refractivity contribution >= 4 is 29.1 Å². The molecule has 0 radical (unpaired) electrons. The van der Waals surface area contributed by atoms with E-state index in [0.717, 1.165) is 16.7 Å². The van der Waals surface area contributed by atoms with Crippen LogP contribution in [0.4, 0.5) is 4.79 Å². The van der Waals surface area contributed by atoms with Crippen molar-refractivity contribution in [3.05, 3.63) is 108 Å². The highest BCUT2D eigenvalue weighted by atomic mass is 32.1. The molecule has 0 spiro atoms. The number of carbonyl (C=O) groups excluding carboxylic acids is 2. The van der Waals surface area contributed by atoms with Crippen LogP contribution in [-0.2, 0) is 53.0 Å². The third-order valence-electron chi connectivity index (χ3n) is 7.39. The molecule has 0 aliphatic carbocycles. The Morgan fingerprint density at radius 1 is 0.812 bits per heavy atom. The summed E-state index contributed by atoms with van der Waals surface area (Å²) in [5, 5.41) is 22.0. The van der Waals surface area contributed by atoms with Gasteiger partial charge in [-0.1, -0.05) is 103 Å². The first-order valence-electron chi connectivity index (χ1n) is 15.8. The molecule has 3 aromatic rings. The standard InChI is InChI=1S/C36H43NO10S/c1-25(48)19-30-32(47-31(40)17-18-37-36(41)45-23-28-15-9-4-10-16-28)33(42-21-26-11-5-2-6-12-26)34(35(46-30)44-24-29(39)20-38)43-22-27-13-7-3-8-14-27/h2-16,29-30,32-35,38-39H,17-24H2,1H3,(H,37,41)/t29?,30-,32-,33+,34-,35+/m1/s1. The molecule has 1 fully saturated rings.